The number of rotatable bonds is 7. The second-order valence-electron chi connectivity index (χ2n) is 6.99. The topological polar surface area (TPSA) is 48.9 Å². The highest BCUT2D eigenvalue weighted by atomic mass is 19.4. The molecule has 0 aromatic rings. The van der Waals surface area contributed by atoms with E-state index < -0.39 is 12.7 Å². The molecule has 1 fully saturated rings. The minimum atomic E-state index is -4.09. The van der Waals surface area contributed by atoms with Gasteiger partial charge in [-0.05, 0) is 51.1 Å². The summed E-state index contributed by atoms with van der Waals surface area (Å²) in [5, 5.41) is 6.62. The number of alkyl halides is 3. The fourth-order valence-corrected chi connectivity index (χ4v) is 3.44. The molecule has 26 heavy (non-hydrogen) atoms. The highest BCUT2D eigenvalue weighted by Gasteiger charge is 2.32. The molecule has 2 aliphatic rings. The average Bonchev–Trinajstić information content (AvgIpc) is 2.61. The number of hydrogen-bond acceptors (Lipinski definition) is 3. The van der Waals surface area contributed by atoms with Crippen LogP contribution < -0.4 is 10.6 Å². The second kappa shape index (κ2) is 10.8. The first kappa shape index (κ1) is 21.0. The Balaban J connectivity index is 1.56. The monoisotopic (exact) mass is 376 g/mol. The summed E-state index contributed by atoms with van der Waals surface area (Å²) < 4.78 is 42.5. The van der Waals surface area contributed by atoms with Crippen LogP contribution in [0.2, 0.25) is 0 Å². The lowest BCUT2D eigenvalue weighted by atomic mass is 9.93. The van der Waals surface area contributed by atoms with E-state index in [0.29, 0.717) is 25.6 Å². The van der Waals surface area contributed by atoms with E-state index in [1.807, 2.05) is 0 Å². The van der Waals surface area contributed by atoms with Crippen LogP contribution in [0.5, 0.6) is 0 Å². The Morgan fingerprint density at radius 3 is 2.62 bits per heavy atom. The molecule has 2 heterocycles. The maximum Gasteiger partial charge on any atom is 0.401 e. The van der Waals surface area contributed by atoms with Crippen LogP contribution in [0.15, 0.2) is 16.6 Å². The Hall–Kier alpha value is -1.28. The van der Waals surface area contributed by atoms with E-state index in [0.717, 1.165) is 57.8 Å². The van der Waals surface area contributed by atoms with Crippen molar-refractivity contribution >= 4 is 5.96 Å². The minimum Gasteiger partial charge on any atom is -0.377 e. The van der Waals surface area contributed by atoms with Gasteiger partial charge in [0.2, 0.25) is 0 Å². The summed E-state index contributed by atoms with van der Waals surface area (Å²) in [6, 6.07) is 0. The number of piperidine rings is 1. The van der Waals surface area contributed by atoms with Crippen LogP contribution in [-0.4, -0.2) is 70.0 Å². The Morgan fingerprint density at radius 1 is 1.27 bits per heavy atom. The normalized spacial score (nSPS) is 20.8. The Morgan fingerprint density at radius 2 is 2.00 bits per heavy atom. The molecule has 0 spiro atoms. The summed E-state index contributed by atoms with van der Waals surface area (Å²) >= 11 is 0. The molecule has 0 radical (unpaired) electrons. The Bertz CT molecular complexity index is 472. The summed E-state index contributed by atoms with van der Waals surface area (Å²) in [6.07, 6.45) is 2.67. The molecule has 2 rings (SSSR count). The number of likely N-dealkylation sites (tertiary alicyclic amines) is 1. The van der Waals surface area contributed by atoms with Crippen molar-refractivity contribution in [3.8, 4) is 0 Å². The number of halogens is 3. The lowest BCUT2D eigenvalue weighted by molar-refractivity contribution is -0.148. The molecule has 1 saturated heterocycles. The first-order valence-corrected chi connectivity index (χ1v) is 9.45. The van der Waals surface area contributed by atoms with Gasteiger partial charge in [-0.15, -0.1) is 0 Å². The van der Waals surface area contributed by atoms with Crippen molar-refractivity contribution in [3.63, 3.8) is 0 Å². The molecule has 0 aromatic heterocycles. The molecular weight excluding hydrogens is 345 g/mol. The Labute approximate surface area is 154 Å². The van der Waals surface area contributed by atoms with E-state index in [-0.39, 0.29) is 0 Å². The molecule has 0 bridgehead atoms. The molecular formula is C18H31F3N4O. The van der Waals surface area contributed by atoms with E-state index in [4.69, 9.17) is 4.74 Å². The summed E-state index contributed by atoms with van der Waals surface area (Å²) in [4.78, 5) is 5.73. The smallest absolute Gasteiger partial charge is 0.377 e. The van der Waals surface area contributed by atoms with Gasteiger partial charge in [0.05, 0.1) is 19.8 Å². The highest BCUT2D eigenvalue weighted by molar-refractivity contribution is 5.79. The summed E-state index contributed by atoms with van der Waals surface area (Å²) in [7, 11) is 1.75. The maximum absolute atomic E-state index is 12.4. The molecule has 0 amide bonds. The molecule has 0 aliphatic carbocycles. The summed E-state index contributed by atoms with van der Waals surface area (Å²) in [6.45, 7) is 3.44. The van der Waals surface area contributed by atoms with Gasteiger partial charge in [-0.1, -0.05) is 11.6 Å². The standard InChI is InChI=1S/C18H31F3N4O/c1-22-17(24-9-3-16-6-12-26-13-7-16)23-8-2-15-4-10-25(11-5-15)14-18(19,20)21/h6,15H,2-5,7-14H2,1H3,(H2,22,23,24). The molecule has 2 N–H and O–H groups in total. The lowest BCUT2D eigenvalue weighted by Crippen LogP contribution is -2.41. The lowest BCUT2D eigenvalue weighted by Gasteiger charge is -2.32. The van der Waals surface area contributed by atoms with Crippen LogP contribution in [0.4, 0.5) is 13.2 Å². The third-order valence-electron chi connectivity index (χ3n) is 4.97. The average molecular weight is 376 g/mol. The molecule has 150 valence electrons. The molecule has 5 nitrogen and oxygen atoms in total. The molecule has 0 unspecified atom stereocenters. The van der Waals surface area contributed by atoms with E-state index in [1.54, 1.807) is 7.05 Å². The number of aliphatic imine (C=N–C) groups is 1. The zero-order valence-corrected chi connectivity index (χ0v) is 15.6. The number of guanidine groups is 1. The quantitative estimate of drug-likeness (QED) is 0.407. The SMILES string of the molecule is CN=C(NCCC1=CCOCC1)NCCC1CCN(CC(F)(F)F)CC1. The number of nitrogens with zero attached hydrogens (tertiary/aromatic N) is 2. The largest absolute Gasteiger partial charge is 0.401 e. The van der Waals surface area contributed by atoms with E-state index >= 15 is 0 Å². The van der Waals surface area contributed by atoms with Crippen molar-refractivity contribution in [2.75, 3.05) is 53.0 Å². The molecule has 0 atom stereocenters. The van der Waals surface area contributed by atoms with Gasteiger partial charge in [0.25, 0.3) is 0 Å². The van der Waals surface area contributed by atoms with Gasteiger partial charge in [0.1, 0.15) is 0 Å². The summed E-state index contributed by atoms with van der Waals surface area (Å²) in [5.74, 6) is 1.27. The van der Waals surface area contributed by atoms with E-state index in [1.165, 1.54) is 10.5 Å². The van der Waals surface area contributed by atoms with Gasteiger partial charge in [-0.3, -0.25) is 9.89 Å². The van der Waals surface area contributed by atoms with Crippen LogP contribution in [0.1, 0.15) is 32.1 Å². The maximum atomic E-state index is 12.4. The van der Waals surface area contributed by atoms with Crippen LogP contribution in [-0.2, 0) is 4.74 Å². The van der Waals surface area contributed by atoms with Crippen molar-refractivity contribution in [1.82, 2.24) is 15.5 Å². The van der Waals surface area contributed by atoms with Crippen LogP contribution >= 0.6 is 0 Å². The highest BCUT2D eigenvalue weighted by Crippen LogP contribution is 2.23. The number of hydrogen-bond donors (Lipinski definition) is 2. The summed E-state index contributed by atoms with van der Waals surface area (Å²) in [5.41, 5.74) is 1.42. The van der Waals surface area contributed by atoms with Crippen molar-refractivity contribution < 1.29 is 17.9 Å². The number of ether oxygens (including phenoxy) is 1. The molecule has 0 saturated carbocycles. The van der Waals surface area contributed by atoms with Crippen molar-refractivity contribution in [2.24, 2.45) is 10.9 Å². The zero-order valence-electron chi connectivity index (χ0n) is 15.6. The predicted molar refractivity (Wildman–Crippen MR) is 97.3 cm³/mol. The van der Waals surface area contributed by atoms with Crippen LogP contribution in [0.25, 0.3) is 0 Å². The molecule has 0 aromatic carbocycles. The Kier molecular flexibility index (Phi) is 8.71. The minimum absolute atomic E-state index is 0.484. The van der Waals surface area contributed by atoms with Gasteiger partial charge in [0.15, 0.2) is 5.96 Å². The molecule has 8 heteroatoms. The van der Waals surface area contributed by atoms with Crippen LogP contribution in [0.3, 0.4) is 0 Å². The fourth-order valence-electron chi connectivity index (χ4n) is 3.44. The third-order valence-corrected chi connectivity index (χ3v) is 4.97. The second-order valence-corrected chi connectivity index (χ2v) is 6.99. The van der Waals surface area contributed by atoms with Gasteiger partial charge in [0, 0.05) is 20.1 Å². The van der Waals surface area contributed by atoms with Crippen molar-refractivity contribution in [2.45, 2.75) is 38.3 Å². The van der Waals surface area contributed by atoms with Crippen LogP contribution in [0, 0.1) is 5.92 Å². The first-order valence-electron chi connectivity index (χ1n) is 9.45. The van der Waals surface area contributed by atoms with Crippen molar-refractivity contribution in [3.05, 3.63) is 11.6 Å². The van der Waals surface area contributed by atoms with Gasteiger partial charge in [-0.2, -0.15) is 13.2 Å². The fraction of sp³-hybridized carbons (Fsp3) is 0.833. The first-order chi connectivity index (χ1) is 12.5. The van der Waals surface area contributed by atoms with Crippen molar-refractivity contribution in [1.29, 1.82) is 0 Å². The third kappa shape index (κ3) is 8.40. The zero-order chi connectivity index (χ0) is 18.8. The number of nitrogens with one attached hydrogen (secondary N) is 2. The van der Waals surface area contributed by atoms with Gasteiger partial charge < -0.3 is 15.4 Å². The van der Waals surface area contributed by atoms with Gasteiger partial charge in [-0.25, -0.2) is 0 Å². The van der Waals surface area contributed by atoms with Gasteiger partial charge >= 0.3 is 6.18 Å². The predicted octanol–water partition coefficient (Wildman–Crippen LogP) is 2.55. The van der Waals surface area contributed by atoms with E-state index in [9.17, 15) is 13.2 Å². The molecule has 2 aliphatic heterocycles. The van der Waals surface area contributed by atoms with E-state index in [2.05, 4.69) is 21.7 Å².